The third kappa shape index (κ3) is 2.22. The van der Waals surface area contributed by atoms with E-state index in [1.807, 2.05) is 12.1 Å². The fourth-order valence-electron chi connectivity index (χ4n) is 2.04. The smallest absolute Gasteiger partial charge is 0.143 e. The highest BCUT2D eigenvalue weighted by Gasteiger charge is 2.17. The predicted octanol–water partition coefficient (Wildman–Crippen LogP) is -0.388. The molecule has 1 aromatic carbocycles. The average molecular weight is 222 g/mol. The first-order valence-corrected chi connectivity index (χ1v) is 5.70. The van der Waals surface area contributed by atoms with E-state index in [1.54, 1.807) is 12.0 Å². The van der Waals surface area contributed by atoms with E-state index in [0.717, 1.165) is 18.8 Å². The normalized spacial score (nSPS) is 17.5. The molecular formula is C12H20N3O+. The summed E-state index contributed by atoms with van der Waals surface area (Å²) < 4.78 is 5.24. The monoisotopic (exact) mass is 222 g/mol. The van der Waals surface area contributed by atoms with Gasteiger partial charge in [-0.2, -0.15) is 0 Å². The number of nitrogens with two attached hydrogens (primary N) is 1. The molecule has 1 fully saturated rings. The molecule has 1 aromatic rings. The lowest BCUT2D eigenvalue weighted by atomic mass is 10.2. The maximum atomic E-state index is 5.80. The molecule has 1 aliphatic rings. The lowest BCUT2D eigenvalue weighted by molar-refractivity contribution is -0.880. The highest BCUT2D eigenvalue weighted by Crippen LogP contribution is 2.27. The Hall–Kier alpha value is -1.42. The number of quaternary nitrogens is 1. The number of benzene rings is 1. The molecule has 0 spiro atoms. The number of nitrogens with one attached hydrogen (secondary N) is 1. The van der Waals surface area contributed by atoms with Crippen LogP contribution in [0.25, 0.3) is 0 Å². The van der Waals surface area contributed by atoms with Gasteiger partial charge in [-0.3, -0.25) is 0 Å². The Morgan fingerprint density at radius 1 is 1.31 bits per heavy atom. The molecule has 2 rings (SSSR count). The largest absolute Gasteiger partial charge is 0.495 e. The van der Waals surface area contributed by atoms with Gasteiger partial charge in [0.05, 0.1) is 46.0 Å². The molecule has 0 radical (unpaired) electrons. The van der Waals surface area contributed by atoms with E-state index in [9.17, 15) is 0 Å². The van der Waals surface area contributed by atoms with Crippen LogP contribution in [-0.4, -0.2) is 40.3 Å². The van der Waals surface area contributed by atoms with Gasteiger partial charge in [-0.15, -0.1) is 0 Å². The average Bonchev–Trinajstić information content (AvgIpc) is 2.31. The fraction of sp³-hybridized carbons (Fsp3) is 0.500. The zero-order valence-corrected chi connectivity index (χ0v) is 9.99. The SMILES string of the molecule is COc1cc(N2CC[NH+](C)CC2)ccc1N. The fourth-order valence-corrected chi connectivity index (χ4v) is 2.04. The van der Waals surface area contributed by atoms with Crippen molar-refractivity contribution in [2.24, 2.45) is 0 Å². The summed E-state index contributed by atoms with van der Waals surface area (Å²) in [6, 6.07) is 6.01. The van der Waals surface area contributed by atoms with E-state index in [2.05, 4.69) is 18.0 Å². The van der Waals surface area contributed by atoms with Crippen molar-refractivity contribution in [3.05, 3.63) is 18.2 Å². The first-order chi connectivity index (χ1) is 7.70. The predicted molar refractivity (Wildman–Crippen MR) is 66.2 cm³/mol. The summed E-state index contributed by atoms with van der Waals surface area (Å²) >= 11 is 0. The Kier molecular flexibility index (Phi) is 3.19. The van der Waals surface area contributed by atoms with Gasteiger partial charge in [-0.05, 0) is 12.1 Å². The Morgan fingerprint density at radius 2 is 2.00 bits per heavy atom. The Balaban J connectivity index is 2.14. The van der Waals surface area contributed by atoms with Crippen molar-refractivity contribution in [3.8, 4) is 5.75 Å². The third-order valence-electron chi connectivity index (χ3n) is 3.20. The van der Waals surface area contributed by atoms with Gasteiger partial charge in [0.25, 0.3) is 0 Å². The van der Waals surface area contributed by atoms with Gasteiger partial charge in [0.1, 0.15) is 5.75 Å². The summed E-state index contributed by atoms with van der Waals surface area (Å²) in [4.78, 5) is 3.98. The highest BCUT2D eigenvalue weighted by atomic mass is 16.5. The van der Waals surface area contributed by atoms with Crippen molar-refractivity contribution in [2.75, 3.05) is 51.0 Å². The summed E-state index contributed by atoms with van der Waals surface area (Å²) in [6.45, 7) is 4.57. The van der Waals surface area contributed by atoms with Crippen LogP contribution in [0, 0.1) is 0 Å². The van der Waals surface area contributed by atoms with Gasteiger partial charge < -0.3 is 20.3 Å². The van der Waals surface area contributed by atoms with E-state index in [1.165, 1.54) is 18.8 Å². The second-order valence-electron chi connectivity index (χ2n) is 4.37. The summed E-state index contributed by atoms with van der Waals surface area (Å²) in [5, 5.41) is 0. The quantitative estimate of drug-likeness (QED) is 0.670. The van der Waals surface area contributed by atoms with Gasteiger partial charge in [0, 0.05) is 11.8 Å². The lowest BCUT2D eigenvalue weighted by Crippen LogP contribution is -3.12. The van der Waals surface area contributed by atoms with Gasteiger partial charge >= 0.3 is 0 Å². The molecule has 1 saturated heterocycles. The summed E-state index contributed by atoms with van der Waals surface area (Å²) in [7, 11) is 3.89. The molecule has 4 nitrogen and oxygen atoms in total. The number of likely N-dealkylation sites (N-methyl/N-ethyl adjacent to an activating group) is 1. The van der Waals surface area contributed by atoms with Crippen LogP contribution in [0.4, 0.5) is 11.4 Å². The summed E-state index contributed by atoms with van der Waals surface area (Å²) in [6.07, 6.45) is 0. The maximum Gasteiger partial charge on any atom is 0.143 e. The van der Waals surface area contributed by atoms with Crippen molar-refractivity contribution >= 4 is 11.4 Å². The number of nitrogen functional groups attached to an aromatic ring is 1. The first-order valence-electron chi connectivity index (χ1n) is 5.70. The number of anilines is 2. The minimum absolute atomic E-state index is 0.700. The Bertz CT molecular complexity index is 359. The van der Waals surface area contributed by atoms with E-state index < -0.39 is 0 Å². The summed E-state index contributed by atoms with van der Waals surface area (Å²) in [5.74, 6) is 0.767. The maximum absolute atomic E-state index is 5.80. The van der Waals surface area contributed by atoms with Crippen LogP contribution < -0.4 is 20.3 Å². The van der Waals surface area contributed by atoms with E-state index >= 15 is 0 Å². The molecule has 16 heavy (non-hydrogen) atoms. The first kappa shape index (κ1) is 11.1. The molecule has 3 N–H and O–H groups in total. The van der Waals surface area contributed by atoms with Crippen LogP contribution in [0.5, 0.6) is 5.75 Å². The number of nitrogens with zero attached hydrogens (tertiary/aromatic N) is 1. The van der Waals surface area contributed by atoms with Crippen LogP contribution in [0.15, 0.2) is 18.2 Å². The molecule has 1 heterocycles. The topological polar surface area (TPSA) is 42.9 Å². The molecule has 0 saturated carbocycles. The van der Waals surface area contributed by atoms with Crippen LogP contribution >= 0.6 is 0 Å². The lowest BCUT2D eigenvalue weighted by Gasteiger charge is -2.32. The summed E-state index contributed by atoms with van der Waals surface area (Å²) in [5.41, 5.74) is 7.71. The minimum atomic E-state index is 0.700. The van der Waals surface area contributed by atoms with Crippen molar-refractivity contribution < 1.29 is 9.64 Å². The van der Waals surface area contributed by atoms with Crippen LogP contribution in [0.3, 0.4) is 0 Å². The van der Waals surface area contributed by atoms with Crippen molar-refractivity contribution in [1.29, 1.82) is 0 Å². The van der Waals surface area contributed by atoms with Crippen LogP contribution in [0.1, 0.15) is 0 Å². The van der Waals surface area contributed by atoms with Gasteiger partial charge in [-0.1, -0.05) is 0 Å². The van der Waals surface area contributed by atoms with Crippen LogP contribution in [-0.2, 0) is 0 Å². The standard InChI is InChI=1S/C12H19N3O/c1-14-5-7-15(8-6-14)10-3-4-11(13)12(9-10)16-2/h3-4,9H,5-8,13H2,1-2H3/p+1. The number of hydrogen-bond donors (Lipinski definition) is 2. The second-order valence-corrected chi connectivity index (χ2v) is 4.37. The van der Waals surface area contributed by atoms with Gasteiger partial charge in [0.15, 0.2) is 0 Å². The second kappa shape index (κ2) is 4.61. The number of methoxy groups -OCH3 is 1. The van der Waals surface area contributed by atoms with Crippen LogP contribution in [0.2, 0.25) is 0 Å². The molecule has 4 heteroatoms. The number of rotatable bonds is 2. The molecule has 0 aliphatic carbocycles. The number of hydrogen-bond acceptors (Lipinski definition) is 3. The van der Waals surface area contributed by atoms with Crippen molar-refractivity contribution in [2.45, 2.75) is 0 Å². The molecule has 0 bridgehead atoms. The molecule has 0 atom stereocenters. The zero-order valence-electron chi connectivity index (χ0n) is 9.99. The minimum Gasteiger partial charge on any atom is -0.495 e. The van der Waals surface area contributed by atoms with Crippen molar-refractivity contribution in [1.82, 2.24) is 0 Å². The van der Waals surface area contributed by atoms with E-state index in [4.69, 9.17) is 10.5 Å². The number of ether oxygens (including phenoxy) is 1. The molecule has 1 aliphatic heterocycles. The van der Waals surface area contributed by atoms with E-state index in [0.29, 0.717) is 5.69 Å². The highest BCUT2D eigenvalue weighted by molar-refractivity contribution is 5.62. The van der Waals surface area contributed by atoms with Gasteiger partial charge in [-0.25, -0.2) is 0 Å². The number of piperazine rings is 1. The van der Waals surface area contributed by atoms with E-state index in [-0.39, 0.29) is 0 Å². The molecule has 88 valence electrons. The molecular weight excluding hydrogens is 202 g/mol. The zero-order chi connectivity index (χ0) is 11.5. The van der Waals surface area contributed by atoms with Crippen molar-refractivity contribution in [3.63, 3.8) is 0 Å². The molecule has 0 amide bonds. The third-order valence-corrected chi connectivity index (χ3v) is 3.20. The Labute approximate surface area is 96.6 Å². The molecule has 0 aromatic heterocycles. The van der Waals surface area contributed by atoms with Gasteiger partial charge in [0.2, 0.25) is 0 Å². The molecule has 0 unspecified atom stereocenters. The Morgan fingerprint density at radius 3 is 2.62 bits per heavy atom.